The fourth-order valence-electron chi connectivity index (χ4n) is 3.32. The van der Waals surface area contributed by atoms with Gasteiger partial charge in [-0.1, -0.05) is 6.07 Å². The molecule has 156 valence electrons. The zero-order valence-electron chi connectivity index (χ0n) is 16.8. The third-order valence-electron chi connectivity index (χ3n) is 4.52. The summed E-state index contributed by atoms with van der Waals surface area (Å²) in [7, 11) is -3.83. The van der Waals surface area contributed by atoms with Gasteiger partial charge >= 0.3 is 0 Å². The summed E-state index contributed by atoms with van der Waals surface area (Å²) in [6, 6.07) is 12.7. The van der Waals surface area contributed by atoms with Gasteiger partial charge in [-0.05, 0) is 63.2 Å². The zero-order valence-corrected chi connectivity index (χ0v) is 17.6. The minimum absolute atomic E-state index is 0.0339. The summed E-state index contributed by atoms with van der Waals surface area (Å²) < 4.78 is 39.1. The average molecular weight is 419 g/mol. The van der Waals surface area contributed by atoms with E-state index >= 15 is 0 Å². The Morgan fingerprint density at radius 2 is 1.79 bits per heavy atom. The number of hydrogen-bond acceptors (Lipinski definition) is 5. The predicted octanol–water partition coefficient (Wildman–Crippen LogP) is 3.14. The van der Waals surface area contributed by atoms with Gasteiger partial charge in [-0.2, -0.15) is 0 Å². The highest BCUT2D eigenvalue weighted by molar-refractivity contribution is 7.92. The first kappa shape index (κ1) is 21.1. The van der Waals surface area contributed by atoms with Crippen molar-refractivity contribution in [2.75, 3.05) is 24.4 Å². The fraction of sp³-hybridized carbons (Fsp3) is 0.381. The van der Waals surface area contributed by atoms with Gasteiger partial charge in [0.15, 0.2) is 0 Å². The summed E-state index contributed by atoms with van der Waals surface area (Å²) in [5, 5.41) is 0. The minimum atomic E-state index is -3.83. The molecule has 1 aliphatic heterocycles. The molecule has 0 bridgehead atoms. The Hall–Kier alpha value is -2.58. The molecule has 0 spiro atoms. The zero-order chi connectivity index (χ0) is 21.0. The fourth-order valence-corrected chi connectivity index (χ4v) is 4.43. The number of carbonyl (C=O) groups is 1. The molecule has 2 aromatic carbocycles. The molecule has 2 unspecified atom stereocenters. The number of nitrogens with one attached hydrogen (secondary N) is 1. The quantitative estimate of drug-likeness (QED) is 0.779. The number of benzene rings is 2. The van der Waals surface area contributed by atoms with Crippen LogP contribution in [-0.4, -0.2) is 51.1 Å². The van der Waals surface area contributed by atoms with Crippen LogP contribution in [0.4, 0.5) is 5.69 Å². The second-order valence-electron chi connectivity index (χ2n) is 7.06. The summed E-state index contributed by atoms with van der Waals surface area (Å²) in [5.41, 5.74) is 0.752. The molecule has 1 heterocycles. The third-order valence-corrected chi connectivity index (χ3v) is 5.89. The molecule has 7 nitrogen and oxygen atoms in total. The molecule has 3 rings (SSSR count). The number of sulfonamides is 1. The number of ether oxygens (including phenoxy) is 2. The molecular weight excluding hydrogens is 392 g/mol. The lowest BCUT2D eigenvalue weighted by atomic mass is 10.1. The normalized spacial score (nSPS) is 19.6. The predicted molar refractivity (Wildman–Crippen MR) is 111 cm³/mol. The van der Waals surface area contributed by atoms with Gasteiger partial charge in [0, 0.05) is 24.3 Å². The molecule has 0 radical (unpaired) electrons. The monoisotopic (exact) mass is 418 g/mol. The highest BCUT2D eigenvalue weighted by Crippen LogP contribution is 2.21. The highest BCUT2D eigenvalue weighted by atomic mass is 32.2. The molecule has 0 aromatic heterocycles. The van der Waals surface area contributed by atoms with Crippen LogP contribution in [0.25, 0.3) is 0 Å². The first-order valence-corrected chi connectivity index (χ1v) is 11.1. The molecule has 2 atom stereocenters. The van der Waals surface area contributed by atoms with Gasteiger partial charge in [0.1, 0.15) is 5.75 Å². The van der Waals surface area contributed by atoms with Crippen molar-refractivity contribution in [2.45, 2.75) is 37.9 Å². The Bertz CT molecular complexity index is 949. The van der Waals surface area contributed by atoms with Crippen molar-refractivity contribution < 1.29 is 22.7 Å². The summed E-state index contributed by atoms with van der Waals surface area (Å²) >= 11 is 0. The van der Waals surface area contributed by atoms with Crippen LogP contribution in [0, 0.1) is 0 Å². The molecule has 1 amide bonds. The Balaban J connectivity index is 1.77. The van der Waals surface area contributed by atoms with Gasteiger partial charge < -0.3 is 14.4 Å². The van der Waals surface area contributed by atoms with Crippen molar-refractivity contribution in [1.82, 2.24) is 4.90 Å². The van der Waals surface area contributed by atoms with E-state index in [0.717, 1.165) is 0 Å². The summed E-state index contributed by atoms with van der Waals surface area (Å²) in [4.78, 5) is 14.6. The van der Waals surface area contributed by atoms with Gasteiger partial charge in [-0.15, -0.1) is 0 Å². The van der Waals surface area contributed by atoms with E-state index in [-0.39, 0.29) is 23.0 Å². The van der Waals surface area contributed by atoms with Crippen molar-refractivity contribution >= 4 is 21.6 Å². The van der Waals surface area contributed by atoms with Gasteiger partial charge in [-0.25, -0.2) is 8.42 Å². The molecule has 0 aliphatic carbocycles. The standard InChI is InChI=1S/C21H26N2O5S/c1-4-27-19-10-8-18(9-11-19)22-29(25,26)20-7-5-6-17(12-20)21(24)23-13-15(2)28-16(3)14-23/h5-12,15-16,22H,4,13-14H2,1-3H3. The maximum absolute atomic E-state index is 12.9. The molecule has 1 fully saturated rings. The Kier molecular flexibility index (Phi) is 6.44. The number of carbonyl (C=O) groups excluding carboxylic acids is 1. The van der Waals surface area contributed by atoms with Crippen LogP contribution in [-0.2, 0) is 14.8 Å². The van der Waals surface area contributed by atoms with Gasteiger partial charge in [-0.3, -0.25) is 9.52 Å². The van der Waals surface area contributed by atoms with Gasteiger partial charge in [0.25, 0.3) is 15.9 Å². The Morgan fingerprint density at radius 3 is 2.41 bits per heavy atom. The number of nitrogens with zero attached hydrogens (tertiary/aromatic N) is 1. The van der Waals surface area contributed by atoms with Crippen molar-refractivity contribution in [3.8, 4) is 5.75 Å². The second kappa shape index (κ2) is 8.84. The number of morpholine rings is 1. The van der Waals surface area contributed by atoms with Crippen LogP contribution in [0.1, 0.15) is 31.1 Å². The molecule has 1 saturated heterocycles. The molecular formula is C21H26N2O5S. The van der Waals surface area contributed by atoms with Crippen molar-refractivity contribution in [1.29, 1.82) is 0 Å². The van der Waals surface area contributed by atoms with Crippen molar-refractivity contribution in [3.05, 3.63) is 54.1 Å². The van der Waals surface area contributed by atoms with E-state index in [1.165, 1.54) is 12.1 Å². The van der Waals surface area contributed by atoms with Gasteiger partial charge in [0.05, 0.1) is 23.7 Å². The number of amides is 1. The van der Waals surface area contributed by atoms with Crippen LogP contribution in [0.15, 0.2) is 53.4 Å². The molecule has 29 heavy (non-hydrogen) atoms. The smallest absolute Gasteiger partial charge is 0.261 e. The van der Waals surface area contributed by atoms with E-state index in [0.29, 0.717) is 36.7 Å². The first-order chi connectivity index (χ1) is 13.8. The molecule has 0 saturated carbocycles. The molecule has 1 N–H and O–H groups in total. The molecule has 1 aliphatic rings. The van der Waals surface area contributed by atoms with Crippen LogP contribution < -0.4 is 9.46 Å². The van der Waals surface area contributed by atoms with Crippen molar-refractivity contribution in [2.24, 2.45) is 0 Å². The maximum Gasteiger partial charge on any atom is 0.261 e. The SMILES string of the molecule is CCOc1ccc(NS(=O)(=O)c2cccc(C(=O)N3CC(C)OC(C)C3)c2)cc1. The van der Waals surface area contributed by atoms with E-state index in [1.54, 1.807) is 41.3 Å². The van der Waals surface area contributed by atoms with E-state index in [1.807, 2.05) is 20.8 Å². The van der Waals surface area contributed by atoms with Crippen LogP contribution in [0.2, 0.25) is 0 Å². The van der Waals surface area contributed by atoms with E-state index < -0.39 is 10.0 Å². The first-order valence-electron chi connectivity index (χ1n) is 9.59. The maximum atomic E-state index is 12.9. The lowest BCUT2D eigenvalue weighted by Crippen LogP contribution is -2.48. The lowest BCUT2D eigenvalue weighted by molar-refractivity contribution is -0.0586. The van der Waals surface area contributed by atoms with Crippen LogP contribution >= 0.6 is 0 Å². The van der Waals surface area contributed by atoms with Crippen molar-refractivity contribution in [3.63, 3.8) is 0 Å². The summed E-state index contributed by atoms with van der Waals surface area (Å²) in [6.07, 6.45) is -0.119. The number of rotatable bonds is 6. The average Bonchev–Trinajstić information content (AvgIpc) is 2.68. The summed E-state index contributed by atoms with van der Waals surface area (Å²) in [6.45, 7) is 7.19. The largest absolute Gasteiger partial charge is 0.494 e. The van der Waals surface area contributed by atoms with Gasteiger partial charge in [0.2, 0.25) is 0 Å². The van der Waals surface area contributed by atoms with E-state index in [9.17, 15) is 13.2 Å². The molecule has 8 heteroatoms. The Labute approximate surface area is 171 Å². The van der Waals surface area contributed by atoms with Crippen LogP contribution in [0.3, 0.4) is 0 Å². The topological polar surface area (TPSA) is 84.9 Å². The number of anilines is 1. The minimum Gasteiger partial charge on any atom is -0.494 e. The highest BCUT2D eigenvalue weighted by Gasteiger charge is 2.27. The third kappa shape index (κ3) is 5.27. The molecule has 2 aromatic rings. The van der Waals surface area contributed by atoms with Crippen LogP contribution in [0.5, 0.6) is 5.75 Å². The second-order valence-corrected chi connectivity index (χ2v) is 8.74. The summed E-state index contributed by atoms with van der Waals surface area (Å²) in [5.74, 6) is 0.460. The lowest BCUT2D eigenvalue weighted by Gasteiger charge is -2.35. The Morgan fingerprint density at radius 1 is 1.14 bits per heavy atom. The van der Waals surface area contributed by atoms with E-state index in [4.69, 9.17) is 9.47 Å². The van der Waals surface area contributed by atoms with E-state index in [2.05, 4.69) is 4.72 Å². The number of hydrogen-bond donors (Lipinski definition) is 1.